The molecule has 0 saturated carbocycles. The van der Waals surface area contributed by atoms with Crippen molar-refractivity contribution in [2.24, 2.45) is 10.9 Å². The lowest BCUT2D eigenvalue weighted by molar-refractivity contribution is -0.120. The third-order valence-electron chi connectivity index (χ3n) is 4.14. The monoisotopic (exact) mass is 320 g/mol. The van der Waals surface area contributed by atoms with Gasteiger partial charge in [-0.2, -0.15) is 0 Å². The van der Waals surface area contributed by atoms with Gasteiger partial charge in [0.15, 0.2) is 0 Å². The van der Waals surface area contributed by atoms with Gasteiger partial charge in [-0.05, 0) is 49.2 Å². The lowest BCUT2D eigenvalue weighted by Crippen LogP contribution is -2.35. The SMILES string of the molecule is Cc1cccc(C(=O)NCCC2C=c3ccc(C)cc3=NC2=O)c1. The minimum atomic E-state index is -0.280. The van der Waals surface area contributed by atoms with Gasteiger partial charge in [0.25, 0.3) is 11.8 Å². The van der Waals surface area contributed by atoms with Gasteiger partial charge in [0.1, 0.15) is 0 Å². The highest BCUT2D eigenvalue weighted by molar-refractivity contribution is 5.94. The molecule has 0 fully saturated rings. The fraction of sp³-hybridized carbons (Fsp3) is 0.250. The van der Waals surface area contributed by atoms with Crippen molar-refractivity contribution in [2.45, 2.75) is 20.3 Å². The van der Waals surface area contributed by atoms with E-state index in [9.17, 15) is 9.59 Å². The number of benzene rings is 2. The Morgan fingerprint density at radius 3 is 2.71 bits per heavy atom. The van der Waals surface area contributed by atoms with Gasteiger partial charge in [-0.1, -0.05) is 35.9 Å². The maximum Gasteiger partial charge on any atom is 0.253 e. The number of hydrogen-bond acceptors (Lipinski definition) is 2. The second kappa shape index (κ2) is 6.79. The van der Waals surface area contributed by atoms with Gasteiger partial charge in [0, 0.05) is 12.1 Å². The molecule has 1 aliphatic rings. The molecule has 0 spiro atoms. The Labute approximate surface area is 140 Å². The predicted octanol–water partition coefficient (Wildman–Crippen LogP) is 1.68. The molecule has 3 rings (SSSR count). The van der Waals surface area contributed by atoms with E-state index in [0.29, 0.717) is 18.5 Å². The Bertz CT molecular complexity index is 915. The van der Waals surface area contributed by atoms with E-state index in [1.807, 2.05) is 56.3 Å². The smallest absolute Gasteiger partial charge is 0.253 e. The van der Waals surface area contributed by atoms with Crippen LogP contribution in [0.1, 0.15) is 27.9 Å². The van der Waals surface area contributed by atoms with Crippen molar-refractivity contribution in [3.8, 4) is 0 Å². The maximum absolute atomic E-state index is 12.1. The van der Waals surface area contributed by atoms with Crippen LogP contribution in [0.15, 0.2) is 47.5 Å². The number of nitrogens with one attached hydrogen (secondary N) is 1. The zero-order valence-electron chi connectivity index (χ0n) is 13.9. The molecular formula is C20H20N2O2. The van der Waals surface area contributed by atoms with Crippen LogP contribution in [0.25, 0.3) is 6.08 Å². The molecule has 2 aromatic carbocycles. The average Bonchev–Trinajstić information content (AvgIpc) is 2.55. The van der Waals surface area contributed by atoms with E-state index in [1.54, 1.807) is 6.07 Å². The zero-order chi connectivity index (χ0) is 17.1. The first-order chi connectivity index (χ1) is 11.5. The Hall–Kier alpha value is -2.75. The molecule has 1 atom stereocenters. The highest BCUT2D eigenvalue weighted by Crippen LogP contribution is 2.09. The number of hydrogen-bond donors (Lipinski definition) is 1. The highest BCUT2D eigenvalue weighted by atomic mass is 16.2. The first kappa shape index (κ1) is 16.1. The molecule has 0 bridgehead atoms. The van der Waals surface area contributed by atoms with Crippen LogP contribution in [0.4, 0.5) is 0 Å². The number of fused-ring (bicyclic) bond motifs is 1. The Kier molecular flexibility index (Phi) is 4.56. The molecule has 0 saturated heterocycles. The lowest BCUT2D eigenvalue weighted by Gasteiger charge is -2.13. The van der Waals surface area contributed by atoms with Crippen molar-refractivity contribution in [2.75, 3.05) is 6.54 Å². The molecule has 4 nitrogen and oxygen atoms in total. The van der Waals surface area contributed by atoms with Crippen LogP contribution in [-0.2, 0) is 4.79 Å². The summed E-state index contributed by atoms with van der Waals surface area (Å²) in [5, 5.41) is 4.59. The van der Waals surface area contributed by atoms with E-state index in [4.69, 9.17) is 0 Å². The largest absolute Gasteiger partial charge is 0.352 e. The number of aryl methyl sites for hydroxylation is 2. The summed E-state index contributed by atoms with van der Waals surface area (Å²) in [6, 6.07) is 13.4. The molecule has 0 radical (unpaired) electrons. The van der Waals surface area contributed by atoms with Crippen LogP contribution < -0.4 is 15.9 Å². The highest BCUT2D eigenvalue weighted by Gasteiger charge is 2.18. The summed E-state index contributed by atoms with van der Waals surface area (Å²) in [6.45, 7) is 4.37. The second-order valence-corrected chi connectivity index (χ2v) is 6.20. The lowest BCUT2D eigenvalue weighted by atomic mass is 9.99. The molecule has 4 heteroatoms. The van der Waals surface area contributed by atoms with Crippen molar-refractivity contribution >= 4 is 17.9 Å². The van der Waals surface area contributed by atoms with E-state index < -0.39 is 0 Å². The first-order valence-corrected chi connectivity index (χ1v) is 8.09. The summed E-state index contributed by atoms with van der Waals surface area (Å²) < 4.78 is 0. The van der Waals surface area contributed by atoms with Gasteiger partial charge in [-0.25, -0.2) is 4.99 Å². The molecule has 122 valence electrons. The molecule has 2 amide bonds. The van der Waals surface area contributed by atoms with Gasteiger partial charge < -0.3 is 5.32 Å². The molecule has 0 aromatic heterocycles. The maximum atomic E-state index is 12.1. The molecule has 1 heterocycles. The summed E-state index contributed by atoms with van der Waals surface area (Å²) in [5.74, 6) is -0.536. The summed E-state index contributed by atoms with van der Waals surface area (Å²) in [6.07, 6.45) is 2.50. The van der Waals surface area contributed by atoms with Gasteiger partial charge in [-0.3, -0.25) is 9.59 Å². The van der Waals surface area contributed by atoms with Gasteiger partial charge in [0.2, 0.25) is 0 Å². The molecule has 1 aliphatic heterocycles. The molecule has 24 heavy (non-hydrogen) atoms. The van der Waals surface area contributed by atoms with Crippen molar-refractivity contribution in [3.05, 3.63) is 69.7 Å². The van der Waals surface area contributed by atoms with E-state index in [2.05, 4.69) is 10.3 Å². The van der Waals surface area contributed by atoms with Gasteiger partial charge in [-0.15, -0.1) is 0 Å². The summed E-state index contributed by atoms with van der Waals surface area (Å²) in [4.78, 5) is 28.4. The zero-order valence-corrected chi connectivity index (χ0v) is 13.9. The van der Waals surface area contributed by atoms with Crippen LogP contribution in [-0.4, -0.2) is 18.4 Å². The van der Waals surface area contributed by atoms with E-state index >= 15 is 0 Å². The average molecular weight is 320 g/mol. The minimum absolute atomic E-state index is 0.116. The van der Waals surface area contributed by atoms with E-state index in [0.717, 1.165) is 21.7 Å². The van der Waals surface area contributed by atoms with E-state index in [-0.39, 0.29) is 17.7 Å². The topological polar surface area (TPSA) is 58.5 Å². The van der Waals surface area contributed by atoms with Gasteiger partial charge >= 0.3 is 0 Å². The number of carbonyl (C=O) groups is 2. The summed E-state index contributed by atoms with van der Waals surface area (Å²) in [7, 11) is 0. The predicted molar refractivity (Wildman–Crippen MR) is 93.1 cm³/mol. The molecular weight excluding hydrogens is 300 g/mol. The van der Waals surface area contributed by atoms with E-state index in [1.165, 1.54) is 0 Å². The second-order valence-electron chi connectivity index (χ2n) is 6.20. The van der Waals surface area contributed by atoms with Crippen LogP contribution in [0.2, 0.25) is 0 Å². The van der Waals surface area contributed by atoms with Crippen molar-refractivity contribution < 1.29 is 9.59 Å². The number of rotatable bonds is 4. The normalized spacial score (nSPS) is 15.9. The number of carbonyl (C=O) groups excluding carboxylic acids is 2. The quantitative estimate of drug-likeness (QED) is 0.932. The number of nitrogens with zero attached hydrogens (tertiary/aromatic N) is 1. The summed E-state index contributed by atoms with van der Waals surface area (Å²) in [5.41, 5.74) is 2.77. The molecule has 2 aromatic rings. The van der Waals surface area contributed by atoms with Crippen molar-refractivity contribution in [1.29, 1.82) is 0 Å². The third-order valence-corrected chi connectivity index (χ3v) is 4.14. The van der Waals surface area contributed by atoms with Crippen LogP contribution in [0, 0.1) is 19.8 Å². The Balaban J connectivity index is 1.64. The summed E-state index contributed by atoms with van der Waals surface area (Å²) >= 11 is 0. The minimum Gasteiger partial charge on any atom is -0.352 e. The molecule has 1 N–H and O–H groups in total. The van der Waals surface area contributed by atoms with Crippen molar-refractivity contribution in [1.82, 2.24) is 5.32 Å². The fourth-order valence-corrected chi connectivity index (χ4v) is 2.82. The Morgan fingerprint density at radius 2 is 1.92 bits per heavy atom. The number of amides is 2. The third kappa shape index (κ3) is 3.59. The van der Waals surface area contributed by atoms with Crippen LogP contribution in [0.3, 0.4) is 0 Å². The van der Waals surface area contributed by atoms with Crippen molar-refractivity contribution in [3.63, 3.8) is 0 Å². The van der Waals surface area contributed by atoms with Crippen LogP contribution >= 0.6 is 0 Å². The standard InChI is InChI=1S/C20H20N2O2/c1-13-4-3-5-16(10-13)19(23)21-9-8-17-12-15-7-6-14(2)11-18(15)22-20(17)24/h3-7,10-12,17H,8-9H2,1-2H3,(H,21,23). The Morgan fingerprint density at radius 1 is 1.12 bits per heavy atom. The molecule has 1 unspecified atom stereocenters. The fourth-order valence-electron chi connectivity index (χ4n) is 2.82. The molecule has 0 aliphatic carbocycles. The van der Waals surface area contributed by atoms with Gasteiger partial charge in [0.05, 0.1) is 11.3 Å². The van der Waals surface area contributed by atoms with Crippen LogP contribution in [0.5, 0.6) is 0 Å². The first-order valence-electron chi connectivity index (χ1n) is 8.09.